The van der Waals surface area contributed by atoms with Crippen LogP contribution in [0.15, 0.2) is 36.4 Å². The zero-order valence-electron chi connectivity index (χ0n) is 16.8. The Bertz CT molecular complexity index is 1160. The van der Waals surface area contributed by atoms with E-state index in [-0.39, 0.29) is 41.3 Å². The molecule has 2 amide bonds. The van der Waals surface area contributed by atoms with Crippen molar-refractivity contribution in [3.05, 3.63) is 64.1 Å². The van der Waals surface area contributed by atoms with Crippen LogP contribution in [0, 0.1) is 11.7 Å². The van der Waals surface area contributed by atoms with E-state index in [0.717, 1.165) is 24.8 Å². The quantitative estimate of drug-likeness (QED) is 0.520. The van der Waals surface area contributed by atoms with Crippen molar-refractivity contribution >= 4 is 34.3 Å². The van der Waals surface area contributed by atoms with Crippen molar-refractivity contribution in [3.8, 4) is 0 Å². The number of nitrogens with two attached hydrogens (primary N) is 2. The maximum absolute atomic E-state index is 14.0. The van der Waals surface area contributed by atoms with E-state index in [1.165, 1.54) is 10.7 Å². The van der Waals surface area contributed by atoms with E-state index in [9.17, 15) is 14.0 Å². The average molecular weight is 444 g/mol. The molecule has 0 aliphatic heterocycles. The standard InChI is InChI=1S/C22H23ClFN5O2/c23-16-5-1-4-14(20(16)24)10-27-18(30)11-29-17-6-2-3-13(7-12-8-15(25)9-12)19(17)21(28-29)22(26)31/h1-6,12,15H,7-11,25H2,(H2,26,31)(H,27,30)/t12-,15-. The Morgan fingerprint density at radius 3 is 2.61 bits per heavy atom. The normalized spacial score (nSPS) is 18.0. The predicted molar refractivity (Wildman–Crippen MR) is 116 cm³/mol. The summed E-state index contributed by atoms with van der Waals surface area (Å²) in [5.74, 6) is -1.14. The van der Waals surface area contributed by atoms with Crippen LogP contribution in [0.2, 0.25) is 5.02 Å². The zero-order valence-corrected chi connectivity index (χ0v) is 17.5. The van der Waals surface area contributed by atoms with Crippen molar-refractivity contribution in [1.29, 1.82) is 0 Å². The van der Waals surface area contributed by atoms with Crippen molar-refractivity contribution in [1.82, 2.24) is 15.1 Å². The molecule has 5 N–H and O–H groups in total. The van der Waals surface area contributed by atoms with Crippen LogP contribution < -0.4 is 16.8 Å². The molecule has 0 saturated heterocycles. The van der Waals surface area contributed by atoms with Crippen molar-refractivity contribution in [3.63, 3.8) is 0 Å². The summed E-state index contributed by atoms with van der Waals surface area (Å²) < 4.78 is 15.5. The minimum atomic E-state index is -0.650. The lowest BCUT2D eigenvalue weighted by atomic mass is 9.77. The number of carbonyl (C=O) groups is 2. The average Bonchev–Trinajstić information content (AvgIpc) is 3.08. The third-order valence-electron chi connectivity index (χ3n) is 5.68. The molecule has 1 heterocycles. The lowest BCUT2D eigenvalue weighted by Gasteiger charge is -2.32. The highest BCUT2D eigenvalue weighted by Crippen LogP contribution is 2.32. The minimum absolute atomic E-state index is 0.00383. The van der Waals surface area contributed by atoms with Gasteiger partial charge in [0.05, 0.1) is 10.5 Å². The molecule has 0 unspecified atom stereocenters. The molecule has 4 rings (SSSR count). The Kier molecular flexibility index (Phi) is 5.93. The molecule has 31 heavy (non-hydrogen) atoms. The first-order chi connectivity index (χ1) is 14.8. The fourth-order valence-electron chi connectivity index (χ4n) is 4.10. The second kappa shape index (κ2) is 8.64. The molecule has 0 atom stereocenters. The SMILES string of the molecule is NC(=O)c1nn(CC(=O)NCc2cccc(Cl)c2F)c2cccc(C[C@H]3C[C@H](N)C3)c12. The number of rotatable bonds is 7. The monoisotopic (exact) mass is 443 g/mol. The van der Waals surface area contributed by atoms with E-state index in [4.69, 9.17) is 23.1 Å². The topological polar surface area (TPSA) is 116 Å². The fourth-order valence-corrected chi connectivity index (χ4v) is 4.29. The van der Waals surface area contributed by atoms with Gasteiger partial charge < -0.3 is 16.8 Å². The van der Waals surface area contributed by atoms with Crippen LogP contribution in [0.5, 0.6) is 0 Å². The number of fused-ring (bicyclic) bond motifs is 1. The molecule has 1 fully saturated rings. The molecule has 2 aromatic carbocycles. The van der Waals surface area contributed by atoms with Gasteiger partial charge in [-0.25, -0.2) is 4.39 Å². The number of carbonyl (C=O) groups excluding carboxylic acids is 2. The van der Waals surface area contributed by atoms with Gasteiger partial charge in [-0.15, -0.1) is 0 Å². The number of amides is 2. The Hall–Kier alpha value is -2.97. The number of nitrogens with one attached hydrogen (secondary N) is 1. The Morgan fingerprint density at radius 2 is 1.90 bits per heavy atom. The second-order valence-corrected chi connectivity index (χ2v) is 8.38. The van der Waals surface area contributed by atoms with E-state index >= 15 is 0 Å². The highest BCUT2D eigenvalue weighted by atomic mass is 35.5. The minimum Gasteiger partial charge on any atom is -0.364 e. The van der Waals surface area contributed by atoms with Crippen LogP contribution >= 0.6 is 11.6 Å². The highest BCUT2D eigenvalue weighted by Gasteiger charge is 2.28. The van der Waals surface area contributed by atoms with E-state index in [0.29, 0.717) is 16.8 Å². The molecular formula is C22H23ClFN5O2. The largest absolute Gasteiger partial charge is 0.364 e. The molecular weight excluding hydrogens is 421 g/mol. The van der Waals surface area contributed by atoms with Gasteiger partial charge in [-0.05, 0) is 42.9 Å². The maximum Gasteiger partial charge on any atom is 0.269 e. The molecule has 0 radical (unpaired) electrons. The Labute approximate surface area is 183 Å². The van der Waals surface area contributed by atoms with E-state index in [1.807, 2.05) is 12.1 Å². The maximum atomic E-state index is 14.0. The summed E-state index contributed by atoms with van der Waals surface area (Å²) in [4.78, 5) is 24.5. The first-order valence-electron chi connectivity index (χ1n) is 10.1. The van der Waals surface area contributed by atoms with Gasteiger partial charge in [0.15, 0.2) is 5.69 Å². The van der Waals surface area contributed by atoms with Gasteiger partial charge in [0.25, 0.3) is 5.91 Å². The second-order valence-electron chi connectivity index (χ2n) is 7.97. The lowest BCUT2D eigenvalue weighted by molar-refractivity contribution is -0.121. The molecule has 0 spiro atoms. The van der Waals surface area contributed by atoms with E-state index in [1.54, 1.807) is 18.2 Å². The predicted octanol–water partition coefficient (Wildman–Crippen LogP) is 2.52. The number of hydrogen-bond acceptors (Lipinski definition) is 4. The fraction of sp³-hybridized carbons (Fsp3) is 0.318. The molecule has 1 aromatic heterocycles. The van der Waals surface area contributed by atoms with E-state index in [2.05, 4.69) is 10.4 Å². The Balaban J connectivity index is 1.55. The highest BCUT2D eigenvalue weighted by molar-refractivity contribution is 6.30. The summed E-state index contributed by atoms with van der Waals surface area (Å²) in [5.41, 5.74) is 13.5. The van der Waals surface area contributed by atoms with Gasteiger partial charge in [-0.3, -0.25) is 14.3 Å². The molecule has 1 aliphatic rings. The first kappa shape index (κ1) is 21.3. The number of nitrogens with zero attached hydrogens (tertiary/aromatic N) is 2. The van der Waals surface area contributed by atoms with Gasteiger partial charge in [0, 0.05) is 23.5 Å². The van der Waals surface area contributed by atoms with Gasteiger partial charge in [0.1, 0.15) is 12.4 Å². The van der Waals surface area contributed by atoms with Crippen LogP contribution in [0.4, 0.5) is 4.39 Å². The van der Waals surface area contributed by atoms with Crippen LogP contribution in [-0.2, 0) is 24.3 Å². The van der Waals surface area contributed by atoms with Crippen LogP contribution in [-0.4, -0.2) is 27.6 Å². The number of benzene rings is 2. The van der Waals surface area contributed by atoms with E-state index < -0.39 is 11.7 Å². The molecule has 9 heteroatoms. The third-order valence-corrected chi connectivity index (χ3v) is 5.97. The van der Waals surface area contributed by atoms with Crippen molar-refractivity contribution in [2.45, 2.75) is 38.4 Å². The van der Waals surface area contributed by atoms with Crippen molar-refractivity contribution in [2.75, 3.05) is 0 Å². The molecule has 3 aromatic rings. The third kappa shape index (κ3) is 4.40. The Morgan fingerprint density at radius 1 is 1.19 bits per heavy atom. The number of primary amides is 1. The number of hydrogen-bond donors (Lipinski definition) is 3. The first-order valence-corrected chi connectivity index (χ1v) is 10.4. The van der Waals surface area contributed by atoms with Gasteiger partial charge >= 0.3 is 0 Å². The molecule has 1 saturated carbocycles. The zero-order chi connectivity index (χ0) is 22.1. The van der Waals surface area contributed by atoms with Gasteiger partial charge in [-0.2, -0.15) is 5.10 Å². The number of halogens is 2. The molecule has 1 aliphatic carbocycles. The summed E-state index contributed by atoms with van der Waals surface area (Å²) in [7, 11) is 0. The lowest BCUT2D eigenvalue weighted by Crippen LogP contribution is -2.37. The van der Waals surface area contributed by atoms with Gasteiger partial charge in [0.2, 0.25) is 5.91 Å². The van der Waals surface area contributed by atoms with Crippen LogP contribution in [0.1, 0.15) is 34.5 Å². The van der Waals surface area contributed by atoms with Crippen molar-refractivity contribution < 1.29 is 14.0 Å². The summed E-state index contributed by atoms with van der Waals surface area (Å²) in [6.45, 7) is -0.149. The van der Waals surface area contributed by atoms with Crippen LogP contribution in [0.25, 0.3) is 10.9 Å². The van der Waals surface area contributed by atoms with Crippen LogP contribution in [0.3, 0.4) is 0 Å². The molecule has 162 valence electrons. The number of aromatic nitrogens is 2. The summed E-state index contributed by atoms with van der Waals surface area (Å²) in [5, 5.41) is 7.63. The molecule has 7 nitrogen and oxygen atoms in total. The molecule has 0 bridgehead atoms. The van der Waals surface area contributed by atoms with Crippen molar-refractivity contribution in [2.24, 2.45) is 17.4 Å². The van der Waals surface area contributed by atoms with Gasteiger partial charge in [-0.1, -0.05) is 35.9 Å². The summed E-state index contributed by atoms with van der Waals surface area (Å²) in [6.07, 6.45) is 2.66. The smallest absolute Gasteiger partial charge is 0.269 e. The summed E-state index contributed by atoms with van der Waals surface area (Å²) in [6, 6.07) is 10.5. The summed E-state index contributed by atoms with van der Waals surface area (Å²) >= 11 is 5.78.